The molecule has 0 aliphatic heterocycles. The Hall–Kier alpha value is -1.18. The molecule has 4 heteroatoms. The Morgan fingerprint density at radius 3 is 2.88 bits per heavy atom. The standard InChI is InChI=1S/C13H18N2OS/c1-3-12(15)9-17-8-10-4-5-13(16-2)11(6-10)7-14/h4-6,12H,3,8-9,15H2,1-2H3. The molecule has 1 unspecified atom stereocenters. The van der Waals surface area contributed by atoms with Gasteiger partial charge in [0, 0.05) is 17.5 Å². The van der Waals surface area contributed by atoms with Crippen LogP contribution in [0.25, 0.3) is 0 Å². The molecule has 0 amide bonds. The molecule has 0 saturated carbocycles. The molecule has 1 rings (SSSR count). The number of rotatable bonds is 6. The maximum atomic E-state index is 8.97. The van der Waals surface area contributed by atoms with Crippen LogP contribution in [0.4, 0.5) is 0 Å². The van der Waals surface area contributed by atoms with E-state index >= 15 is 0 Å². The van der Waals surface area contributed by atoms with Crippen LogP contribution in [0.3, 0.4) is 0 Å². The zero-order chi connectivity index (χ0) is 12.7. The number of nitrogens with two attached hydrogens (primary N) is 1. The van der Waals surface area contributed by atoms with Crippen molar-refractivity contribution in [3.05, 3.63) is 29.3 Å². The minimum absolute atomic E-state index is 0.258. The van der Waals surface area contributed by atoms with E-state index in [9.17, 15) is 0 Å². The Morgan fingerprint density at radius 2 is 2.29 bits per heavy atom. The van der Waals surface area contributed by atoms with Crippen LogP contribution in [-0.4, -0.2) is 18.9 Å². The van der Waals surface area contributed by atoms with Gasteiger partial charge in [-0.05, 0) is 24.1 Å². The summed E-state index contributed by atoms with van der Waals surface area (Å²) in [4.78, 5) is 0. The summed E-state index contributed by atoms with van der Waals surface area (Å²) < 4.78 is 5.10. The number of thioether (sulfide) groups is 1. The van der Waals surface area contributed by atoms with Crippen molar-refractivity contribution in [3.63, 3.8) is 0 Å². The predicted molar refractivity (Wildman–Crippen MR) is 72.1 cm³/mol. The van der Waals surface area contributed by atoms with E-state index in [1.54, 1.807) is 18.9 Å². The first-order valence-corrected chi connectivity index (χ1v) is 6.77. The molecular weight excluding hydrogens is 232 g/mol. The monoisotopic (exact) mass is 250 g/mol. The molecule has 0 saturated heterocycles. The van der Waals surface area contributed by atoms with Crippen LogP contribution < -0.4 is 10.5 Å². The Labute approximate surface area is 107 Å². The second kappa shape index (κ2) is 7.21. The highest BCUT2D eigenvalue weighted by molar-refractivity contribution is 7.98. The minimum Gasteiger partial charge on any atom is -0.495 e. The molecule has 0 aliphatic rings. The van der Waals surface area contributed by atoms with Crippen molar-refractivity contribution in [2.24, 2.45) is 5.73 Å². The Balaban J connectivity index is 2.58. The van der Waals surface area contributed by atoms with Gasteiger partial charge in [0.1, 0.15) is 11.8 Å². The van der Waals surface area contributed by atoms with Gasteiger partial charge in [0.2, 0.25) is 0 Å². The van der Waals surface area contributed by atoms with Gasteiger partial charge in [0.05, 0.1) is 12.7 Å². The van der Waals surface area contributed by atoms with Gasteiger partial charge in [-0.1, -0.05) is 13.0 Å². The lowest BCUT2D eigenvalue weighted by Gasteiger charge is -2.09. The van der Waals surface area contributed by atoms with E-state index in [1.165, 1.54) is 0 Å². The van der Waals surface area contributed by atoms with E-state index < -0.39 is 0 Å². The second-order valence-electron chi connectivity index (χ2n) is 3.83. The molecule has 3 nitrogen and oxygen atoms in total. The average molecular weight is 250 g/mol. The van der Waals surface area contributed by atoms with Gasteiger partial charge in [-0.2, -0.15) is 17.0 Å². The van der Waals surface area contributed by atoms with Gasteiger partial charge in [0.15, 0.2) is 0 Å². The summed E-state index contributed by atoms with van der Waals surface area (Å²) in [6.45, 7) is 2.09. The van der Waals surface area contributed by atoms with Crippen molar-refractivity contribution >= 4 is 11.8 Å². The average Bonchev–Trinajstić information content (AvgIpc) is 2.38. The Morgan fingerprint density at radius 1 is 1.53 bits per heavy atom. The lowest BCUT2D eigenvalue weighted by Crippen LogP contribution is -2.21. The quantitative estimate of drug-likeness (QED) is 0.843. The minimum atomic E-state index is 0.258. The number of nitrogens with zero attached hydrogens (tertiary/aromatic N) is 1. The van der Waals surface area contributed by atoms with E-state index in [0.717, 1.165) is 23.5 Å². The zero-order valence-corrected chi connectivity index (χ0v) is 11.1. The largest absolute Gasteiger partial charge is 0.495 e. The lowest BCUT2D eigenvalue weighted by atomic mass is 10.1. The van der Waals surface area contributed by atoms with Crippen LogP contribution in [0.15, 0.2) is 18.2 Å². The number of hydrogen-bond donors (Lipinski definition) is 1. The highest BCUT2D eigenvalue weighted by Crippen LogP contribution is 2.21. The third-order valence-electron chi connectivity index (χ3n) is 2.51. The first kappa shape index (κ1) is 13.9. The molecule has 1 aromatic rings. The summed E-state index contributed by atoms with van der Waals surface area (Å²) in [5.74, 6) is 2.46. The third-order valence-corrected chi connectivity index (χ3v) is 3.71. The highest BCUT2D eigenvalue weighted by Gasteiger charge is 2.04. The molecule has 92 valence electrons. The normalized spacial score (nSPS) is 11.9. The van der Waals surface area contributed by atoms with Gasteiger partial charge in [-0.3, -0.25) is 0 Å². The summed E-state index contributed by atoms with van der Waals surface area (Å²) in [6.07, 6.45) is 0.999. The molecular formula is C13H18N2OS. The van der Waals surface area contributed by atoms with Gasteiger partial charge < -0.3 is 10.5 Å². The smallest absolute Gasteiger partial charge is 0.136 e. The SMILES string of the molecule is CCC(N)CSCc1ccc(OC)c(C#N)c1. The predicted octanol–water partition coefficient (Wildman–Crippen LogP) is 2.54. The fraction of sp³-hybridized carbons (Fsp3) is 0.462. The molecule has 0 aromatic heterocycles. The molecule has 0 fully saturated rings. The van der Waals surface area contributed by atoms with Gasteiger partial charge >= 0.3 is 0 Å². The maximum Gasteiger partial charge on any atom is 0.136 e. The number of ether oxygens (including phenoxy) is 1. The van der Waals surface area contributed by atoms with Crippen molar-refractivity contribution in [2.45, 2.75) is 25.1 Å². The molecule has 0 spiro atoms. The first-order valence-electron chi connectivity index (χ1n) is 5.61. The van der Waals surface area contributed by atoms with Crippen LogP contribution in [0.5, 0.6) is 5.75 Å². The topological polar surface area (TPSA) is 59.0 Å². The van der Waals surface area contributed by atoms with E-state index in [-0.39, 0.29) is 6.04 Å². The zero-order valence-electron chi connectivity index (χ0n) is 10.3. The fourth-order valence-electron chi connectivity index (χ4n) is 1.38. The van der Waals surface area contributed by atoms with E-state index in [2.05, 4.69) is 13.0 Å². The van der Waals surface area contributed by atoms with Crippen molar-refractivity contribution in [3.8, 4) is 11.8 Å². The lowest BCUT2D eigenvalue weighted by molar-refractivity contribution is 0.413. The van der Waals surface area contributed by atoms with E-state index in [4.69, 9.17) is 15.7 Å². The molecule has 1 atom stereocenters. The van der Waals surface area contributed by atoms with Crippen LogP contribution in [0.2, 0.25) is 0 Å². The summed E-state index contributed by atoms with van der Waals surface area (Å²) >= 11 is 1.80. The number of nitriles is 1. The third kappa shape index (κ3) is 4.29. The molecule has 0 aliphatic carbocycles. The number of hydrogen-bond acceptors (Lipinski definition) is 4. The molecule has 0 radical (unpaired) electrons. The molecule has 0 bridgehead atoms. The van der Waals surface area contributed by atoms with Crippen molar-refractivity contribution in [1.82, 2.24) is 0 Å². The van der Waals surface area contributed by atoms with Crippen LogP contribution >= 0.6 is 11.8 Å². The van der Waals surface area contributed by atoms with E-state index in [0.29, 0.717) is 11.3 Å². The maximum absolute atomic E-state index is 8.97. The van der Waals surface area contributed by atoms with Gasteiger partial charge in [-0.15, -0.1) is 0 Å². The summed E-state index contributed by atoms with van der Waals surface area (Å²) in [7, 11) is 1.57. The number of benzene rings is 1. The molecule has 1 aromatic carbocycles. The Bertz CT molecular complexity index is 401. The van der Waals surface area contributed by atoms with Gasteiger partial charge in [-0.25, -0.2) is 0 Å². The number of methoxy groups -OCH3 is 1. The molecule has 17 heavy (non-hydrogen) atoms. The molecule has 2 N–H and O–H groups in total. The van der Waals surface area contributed by atoms with Crippen molar-refractivity contribution < 1.29 is 4.74 Å². The molecule has 0 heterocycles. The van der Waals surface area contributed by atoms with Crippen molar-refractivity contribution in [1.29, 1.82) is 5.26 Å². The van der Waals surface area contributed by atoms with Crippen LogP contribution in [-0.2, 0) is 5.75 Å². The van der Waals surface area contributed by atoms with Crippen molar-refractivity contribution in [2.75, 3.05) is 12.9 Å². The van der Waals surface area contributed by atoms with E-state index in [1.807, 2.05) is 18.2 Å². The summed E-state index contributed by atoms with van der Waals surface area (Å²) in [6, 6.07) is 8.11. The second-order valence-corrected chi connectivity index (χ2v) is 4.86. The first-order chi connectivity index (χ1) is 8.21. The Kier molecular flexibility index (Phi) is 5.88. The van der Waals surface area contributed by atoms with Crippen LogP contribution in [0.1, 0.15) is 24.5 Å². The van der Waals surface area contributed by atoms with Crippen LogP contribution in [0, 0.1) is 11.3 Å². The summed E-state index contributed by atoms with van der Waals surface area (Å²) in [5.41, 5.74) is 7.57. The van der Waals surface area contributed by atoms with Gasteiger partial charge in [0.25, 0.3) is 0 Å². The highest BCUT2D eigenvalue weighted by atomic mass is 32.2. The fourth-order valence-corrected chi connectivity index (χ4v) is 2.45. The summed E-state index contributed by atoms with van der Waals surface area (Å²) in [5, 5.41) is 8.97.